The van der Waals surface area contributed by atoms with Crippen molar-refractivity contribution < 1.29 is 9.47 Å². The fourth-order valence-electron chi connectivity index (χ4n) is 2.49. The van der Waals surface area contributed by atoms with Crippen molar-refractivity contribution in [3.8, 4) is 11.5 Å². The average Bonchev–Trinajstić information content (AvgIpc) is 2.48. The molecule has 0 aromatic heterocycles. The van der Waals surface area contributed by atoms with Gasteiger partial charge < -0.3 is 14.8 Å². The summed E-state index contributed by atoms with van der Waals surface area (Å²) >= 11 is 3.53. The van der Waals surface area contributed by atoms with Crippen LogP contribution in [0.25, 0.3) is 0 Å². The van der Waals surface area contributed by atoms with Gasteiger partial charge in [0.25, 0.3) is 0 Å². The molecular weight excluding hydrogens is 330 g/mol. The Morgan fingerprint density at radius 1 is 0.952 bits per heavy atom. The van der Waals surface area contributed by atoms with Crippen LogP contribution >= 0.6 is 15.9 Å². The van der Waals surface area contributed by atoms with Crippen LogP contribution in [0.5, 0.6) is 11.5 Å². The molecule has 0 heterocycles. The first-order chi connectivity index (χ1) is 10.1. The van der Waals surface area contributed by atoms with Crippen molar-refractivity contribution in [3.63, 3.8) is 0 Å². The molecule has 4 heteroatoms. The zero-order chi connectivity index (χ0) is 15.4. The van der Waals surface area contributed by atoms with Crippen LogP contribution < -0.4 is 14.8 Å². The molecule has 112 valence electrons. The SMILES string of the molecule is CNC(c1cc(C)ccc1OC)c1cc(Br)ccc1OC. The van der Waals surface area contributed by atoms with E-state index in [1.807, 2.05) is 31.3 Å². The Labute approximate surface area is 134 Å². The number of halogens is 1. The van der Waals surface area contributed by atoms with Crippen molar-refractivity contribution in [2.75, 3.05) is 21.3 Å². The monoisotopic (exact) mass is 349 g/mol. The number of aryl methyl sites for hydroxylation is 1. The van der Waals surface area contributed by atoms with Crippen LogP contribution in [0.4, 0.5) is 0 Å². The summed E-state index contributed by atoms with van der Waals surface area (Å²) in [7, 11) is 5.32. The first-order valence-corrected chi connectivity index (χ1v) is 7.55. The van der Waals surface area contributed by atoms with Crippen LogP contribution in [0.3, 0.4) is 0 Å². The first kappa shape index (κ1) is 15.9. The topological polar surface area (TPSA) is 30.5 Å². The highest BCUT2D eigenvalue weighted by atomic mass is 79.9. The molecule has 2 aromatic carbocycles. The van der Waals surface area contributed by atoms with Gasteiger partial charge in [0.2, 0.25) is 0 Å². The number of hydrogen-bond donors (Lipinski definition) is 1. The van der Waals surface area contributed by atoms with E-state index in [1.165, 1.54) is 5.56 Å². The minimum Gasteiger partial charge on any atom is -0.496 e. The van der Waals surface area contributed by atoms with E-state index in [-0.39, 0.29) is 6.04 Å². The Morgan fingerprint density at radius 3 is 2.10 bits per heavy atom. The third kappa shape index (κ3) is 3.39. The molecular formula is C17H20BrNO2. The lowest BCUT2D eigenvalue weighted by molar-refractivity contribution is 0.396. The second-order valence-electron chi connectivity index (χ2n) is 4.85. The maximum Gasteiger partial charge on any atom is 0.124 e. The Morgan fingerprint density at radius 2 is 1.52 bits per heavy atom. The molecule has 0 bridgehead atoms. The number of nitrogens with one attached hydrogen (secondary N) is 1. The van der Waals surface area contributed by atoms with Crippen LogP contribution in [0.1, 0.15) is 22.7 Å². The van der Waals surface area contributed by atoms with E-state index in [0.29, 0.717) is 0 Å². The quantitative estimate of drug-likeness (QED) is 0.881. The third-order valence-corrected chi connectivity index (χ3v) is 3.98. The van der Waals surface area contributed by atoms with Gasteiger partial charge in [-0.05, 0) is 38.2 Å². The average molecular weight is 350 g/mol. The Bertz CT molecular complexity index is 575. The third-order valence-electron chi connectivity index (χ3n) is 3.49. The zero-order valence-corrected chi connectivity index (χ0v) is 14.3. The van der Waals surface area contributed by atoms with Gasteiger partial charge in [0.1, 0.15) is 11.5 Å². The fraction of sp³-hybridized carbons (Fsp3) is 0.294. The smallest absolute Gasteiger partial charge is 0.124 e. The number of methoxy groups -OCH3 is 2. The normalized spacial score (nSPS) is 12.0. The van der Waals surface area contributed by atoms with Crippen molar-refractivity contribution in [1.29, 1.82) is 0 Å². The molecule has 0 saturated carbocycles. The summed E-state index contributed by atoms with van der Waals surface area (Å²) in [4.78, 5) is 0. The molecule has 21 heavy (non-hydrogen) atoms. The maximum absolute atomic E-state index is 5.52. The zero-order valence-electron chi connectivity index (χ0n) is 12.7. The minimum absolute atomic E-state index is 0.00713. The largest absolute Gasteiger partial charge is 0.496 e. The van der Waals surface area contributed by atoms with E-state index in [1.54, 1.807) is 14.2 Å². The molecule has 2 rings (SSSR count). The van der Waals surface area contributed by atoms with Crippen LogP contribution in [-0.2, 0) is 0 Å². The summed E-state index contributed by atoms with van der Waals surface area (Å²) in [5, 5.41) is 3.36. The summed E-state index contributed by atoms with van der Waals surface area (Å²) in [6.07, 6.45) is 0. The summed E-state index contributed by atoms with van der Waals surface area (Å²) in [5.74, 6) is 1.71. The number of benzene rings is 2. The lowest BCUT2D eigenvalue weighted by Crippen LogP contribution is -2.19. The van der Waals surface area contributed by atoms with Crippen molar-refractivity contribution in [2.45, 2.75) is 13.0 Å². The molecule has 2 aromatic rings. The van der Waals surface area contributed by atoms with Crippen LogP contribution in [0, 0.1) is 6.92 Å². The minimum atomic E-state index is -0.00713. The molecule has 1 unspecified atom stereocenters. The van der Waals surface area contributed by atoms with Crippen molar-refractivity contribution in [2.24, 2.45) is 0 Å². The first-order valence-electron chi connectivity index (χ1n) is 6.76. The van der Waals surface area contributed by atoms with Crippen LogP contribution in [0.15, 0.2) is 40.9 Å². The molecule has 0 spiro atoms. The second-order valence-corrected chi connectivity index (χ2v) is 5.77. The predicted molar refractivity (Wildman–Crippen MR) is 89.3 cm³/mol. The van der Waals surface area contributed by atoms with Gasteiger partial charge in [0.15, 0.2) is 0 Å². The molecule has 0 saturated heterocycles. The Kier molecular flexibility index (Phi) is 5.26. The number of ether oxygens (including phenoxy) is 2. The summed E-state index contributed by atoms with van der Waals surface area (Å²) in [6, 6.07) is 12.2. The summed E-state index contributed by atoms with van der Waals surface area (Å²) in [6.45, 7) is 2.08. The molecule has 0 aliphatic rings. The van der Waals surface area contributed by atoms with Gasteiger partial charge in [-0.25, -0.2) is 0 Å². The molecule has 0 amide bonds. The molecule has 0 radical (unpaired) electrons. The van der Waals surface area contributed by atoms with E-state index in [4.69, 9.17) is 9.47 Å². The van der Waals surface area contributed by atoms with Crippen molar-refractivity contribution >= 4 is 15.9 Å². The van der Waals surface area contributed by atoms with E-state index < -0.39 is 0 Å². The van der Waals surface area contributed by atoms with Gasteiger partial charge in [-0.1, -0.05) is 33.6 Å². The van der Waals surface area contributed by atoms with Crippen molar-refractivity contribution in [3.05, 3.63) is 57.6 Å². The number of rotatable bonds is 5. The maximum atomic E-state index is 5.52. The standard InChI is InChI=1S/C17H20BrNO2/c1-11-5-7-15(20-3)13(9-11)17(19-2)14-10-12(18)6-8-16(14)21-4/h5-10,17,19H,1-4H3. The highest BCUT2D eigenvalue weighted by Crippen LogP contribution is 2.36. The van der Waals surface area contributed by atoms with Crippen LogP contribution in [-0.4, -0.2) is 21.3 Å². The predicted octanol–water partition coefficient (Wildman–Crippen LogP) is 4.08. The molecule has 1 atom stereocenters. The van der Waals surface area contributed by atoms with Gasteiger partial charge in [-0.2, -0.15) is 0 Å². The lowest BCUT2D eigenvalue weighted by Gasteiger charge is -2.22. The summed E-state index contributed by atoms with van der Waals surface area (Å²) < 4.78 is 12.0. The molecule has 0 fully saturated rings. The molecule has 3 nitrogen and oxygen atoms in total. The molecule has 0 aliphatic heterocycles. The van der Waals surface area contributed by atoms with Gasteiger partial charge in [0, 0.05) is 15.6 Å². The van der Waals surface area contributed by atoms with E-state index in [9.17, 15) is 0 Å². The molecule has 0 aliphatic carbocycles. The fourth-order valence-corrected chi connectivity index (χ4v) is 2.87. The highest BCUT2D eigenvalue weighted by molar-refractivity contribution is 9.10. The van der Waals surface area contributed by atoms with Crippen LogP contribution in [0.2, 0.25) is 0 Å². The van der Waals surface area contributed by atoms with E-state index >= 15 is 0 Å². The van der Waals surface area contributed by atoms with Gasteiger partial charge >= 0.3 is 0 Å². The Balaban J connectivity index is 2.59. The van der Waals surface area contributed by atoms with E-state index in [2.05, 4.69) is 40.3 Å². The highest BCUT2D eigenvalue weighted by Gasteiger charge is 2.20. The van der Waals surface area contributed by atoms with Crippen molar-refractivity contribution in [1.82, 2.24) is 5.32 Å². The lowest BCUT2D eigenvalue weighted by atomic mass is 9.95. The van der Waals surface area contributed by atoms with Gasteiger partial charge in [-0.3, -0.25) is 0 Å². The van der Waals surface area contributed by atoms with Gasteiger partial charge in [-0.15, -0.1) is 0 Å². The molecule has 1 N–H and O–H groups in total. The summed E-state index contributed by atoms with van der Waals surface area (Å²) in [5.41, 5.74) is 3.36. The van der Waals surface area contributed by atoms with E-state index in [0.717, 1.165) is 27.1 Å². The second kappa shape index (κ2) is 6.96. The Hall–Kier alpha value is -1.52. The number of hydrogen-bond acceptors (Lipinski definition) is 3. The van der Waals surface area contributed by atoms with Gasteiger partial charge in [0.05, 0.1) is 20.3 Å².